The minimum atomic E-state index is -1.27. The fraction of sp³-hybridized carbons (Fsp3) is 1.00. The SMILES string of the molecule is CC(C)(C)CO[Si](C)(C)C. The predicted octanol–water partition coefficient (Wildman–Crippen LogP) is 2.88. The van der Waals surface area contributed by atoms with Gasteiger partial charge in [0.15, 0.2) is 8.32 Å². The molecule has 0 fully saturated rings. The van der Waals surface area contributed by atoms with E-state index in [1.54, 1.807) is 0 Å². The van der Waals surface area contributed by atoms with Gasteiger partial charge in [-0.15, -0.1) is 0 Å². The minimum absolute atomic E-state index is 0.320. The smallest absolute Gasteiger partial charge is 0.183 e. The van der Waals surface area contributed by atoms with Crippen LogP contribution < -0.4 is 0 Å². The summed E-state index contributed by atoms with van der Waals surface area (Å²) >= 11 is 0. The van der Waals surface area contributed by atoms with Crippen LogP contribution >= 0.6 is 0 Å². The van der Waals surface area contributed by atoms with Crippen molar-refractivity contribution in [3.63, 3.8) is 0 Å². The summed E-state index contributed by atoms with van der Waals surface area (Å²) in [4.78, 5) is 0. The maximum absolute atomic E-state index is 5.73. The lowest BCUT2D eigenvalue weighted by molar-refractivity contribution is 0.192. The van der Waals surface area contributed by atoms with Crippen molar-refractivity contribution in [3.8, 4) is 0 Å². The van der Waals surface area contributed by atoms with E-state index in [0.29, 0.717) is 5.41 Å². The van der Waals surface area contributed by atoms with E-state index in [9.17, 15) is 0 Å². The molecule has 0 radical (unpaired) electrons. The number of hydrogen-bond donors (Lipinski definition) is 0. The molecule has 0 amide bonds. The third-order valence-corrected chi connectivity index (χ3v) is 1.95. The van der Waals surface area contributed by atoms with Gasteiger partial charge in [-0.2, -0.15) is 0 Å². The monoisotopic (exact) mass is 160 g/mol. The van der Waals surface area contributed by atoms with Gasteiger partial charge in [0.25, 0.3) is 0 Å². The third-order valence-electron chi connectivity index (χ3n) is 0.938. The zero-order valence-electron chi connectivity index (χ0n) is 8.12. The summed E-state index contributed by atoms with van der Waals surface area (Å²) in [6.45, 7) is 14.2. The first-order valence-electron chi connectivity index (χ1n) is 3.85. The zero-order chi connectivity index (χ0) is 8.41. The Kier molecular flexibility index (Phi) is 3.11. The summed E-state index contributed by atoms with van der Waals surface area (Å²) in [5, 5.41) is 0. The van der Waals surface area contributed by atoms with Gasteiger partial charge >= 0.3 is 0 Å². The normalized spacial score (nSPS) is 13.8. The van der Waals surface area contributed by atoms with Gasteiger partial charge in [0.1, 0.15) is 0 Å². The van der Waals surface area contributed by atoms with Crippen LogP contribution in [0.25, 0.3) is 0 Å². The van der Waals surface area contributed by atoms with Gasteiger partial charge in [0, 0.05) is 6.61 Å². The van der Waals surface area contributed by atoms with Crippen molar-refractivity contribution in [2.45, 2.75) is 40.4 Å². The Bertz CT molecular complexity index is 82.8. The van der Waals surface area contributed by atoms with Gasteiger partial charge < -0.3 is 4.43 Å². The van der Waals surface area contributed by atoms with E-state index >= 15 is 0 Å². The van der Waals surface area contributed by atoms with E-state index in [0.717, 1.165) is 6.61 Å². The number of rotatable bonds is 2. The lowest BCUT2D eigenvalue weighted by Crippen LogP contribution is -2.30. The molecular formula is C8H20OSi. The fourth-order valence-corrected chi connectivity index (χ4v) is 1.30. The number of hydrogen-bond acceptors (Lipinski definition) is 1. The van der Waals surface area contributed by atoms with Crippen molar-refractivity contribution < 1.29 is 4.43 Å². The third kappa shape index (κ3) is 8.18. The standard InChI is InChI=1S/C8H20OSi/c1-8(2,3)7-9-10(4,5)6/h7H2,1-6H3. The Labute approximate surface area is 65.9 Å². The van der Waals surface area contributed by atoms with Crippen LogP contribution in [0, 0.1) is 5.41 Å². The van der Waals surface area contributed by atoms with Gasteiger partial charge in [-0.25, -0.2) is 0 Å². The molecule has 2 heteroatoms. The minimum Gasteiger partial charge on any atom is -0.417 e. The van der Waals surface area contributed by atoms with Crippen LogP contribution in [0.5, 0.6) is 0 Å². The van der Waals surface area contributed by atoms with Crippen molar-refractivity contribution in [3.05, 3.63) is 0 Å². The van der Waals surface area contributed by atoms with E-state index in [-0.39, 0.29) is 0 Å². The molecule has 0 aliphatic rings. The van der Waals surface area contributed by atoms with Crippen LogP contribution in [0.1, 0.15) is 20.8 Å². The average molecular weight is 160 g/mol. The zero-order valence-corrected chi connectivity index (χ0v) is 9.12. The van der Waals surface area contributed by atoms with Crippen LogP contribution in [0.2, 0.25) is 19.6 Å². The molecule has 0 unspecified atom stereocenters. The lowest BCUT2D eigenvalue weighted by atomic mass is 9.99. The fourth-order valence-electron chi connectivity index (χ4n) is 0.433. The van der Waals surface area contributed by atoms with Crippen molar-refractivity contribution in [2.75, 3.05) is 6.61 Å². The molecule has 62 valence electrons. The average Bonchev–Trinajstić information content (AvgIpc) is 1.57. The molecule has 0 atom stereocenters. The van der Waals surface area contributed by atoms with Crippen LogP contribution in [0.3, 0.4) is 0 Å². The molecule has 0 rings (SSSR count). The van der Waals surface area contributed by atoms with Gasteiger partial charge in [-0.05, 0) is 25.1 Å². The Hall–Kier alpha value is 0.177. The molecule has 0 N–H and O–H groups in total. The van der Waals surface area contributed by atoms with Gasteiger partial charge in [-0.1, -0.05) is 20.8 Å². The Morgan fingerprint density at radius 2 is 1.50 bits per heavy atom. The van der Waals surface area contributed by atoms with Gasteiger partial charge in [0.2, 0.25) is 0 Å². The molecule has 10 heavy (non-hydrogen) atoms. The Morgan fingerprint density at radius 3 is 1.60 bits per heavy atom. The maximum Gasteiger partial charge on any atom is 0.183 e. The molecule has 0 spiro atoms. The summed E-state index contributed by atoms with van der Waals surface area (Å²) in [7, 11) is -1.27. The molecular weight excluding hydrogens is 140 g/mol. The quantitative estimate of drug-likeness (QED) is 0.564. The predicted molar refractivity (Wildman–Crippen MR) is 48.8 cm³/mol. The summed E-state index contributed by atoms with van der Waals surface area (Å²) < 4.78 is 5.73. The molecule has 0 aromatic heterocycles. The van der Waals surface area contributed by atoms with Crippen molar-refractivity contribution in [1.29, 1.82) is 0 Å². The summed E-state index contributed by atoms with van der Waals surface area (Å²) in [6, 6.07) is 0. The Balaban J connectivity index is 3.56. The molecule has 0 aliphatic heterocycles. The van der Waals surface area contributed by atoms with Crippen LogP contribution in [0.4, 0.5) is 0 Å². The first-order valence-corrected chi connectivity index (χ1v) is 7.25. The maximum atomic E-state index is 5.73. The highest BCUT2D eigenvalue weighted by atomic mass is 28.4. The highest BCUT2D eigenvalue weighted by molar-refractivity contribution is 6.69. The Morgan fingerprint density at radius 1 is 1.10 bits per heavy atom. The molecule has 0 aliphatic carbocycles. The highest BCUT2D eigenvalue weighted by Gasteiger charge is 2.18. The van der Waals surface area contributed by atoms with E-state index in [1.165, 1.54) is 0 Å². The van der Waals surface area contributed by atoms with E-state index < -0.39 is 8.32 Å². The van der Waals surface area contributed by atoms with Crippen LogP contribution in [-0.2, 0) is 4.43 Å². The van der Waals surface area contributed by atoms with E-state index in [2.05, 4.69) is 40.4 Å². The van der Waals surface area contributed by atoms with Gasteiger partial charge in [0.05, 0.1) is 0 Å². The summed E-state index contributed by atoms with van der Waals surface area (Å²) in [6.07, 6.45) is 0. The highest BCUT2D eigenvalue weighted by Crippen LogP contribution is 2.16. The molecule has 0 bridgehead atoms. The lowest BCUT2D eigenvalue weighted by Gasteiger charge is -2.25. The van der Waals surface area contributed by atoms with Crippen molar-refractivity contribution >= 4 is 8.32 Å². The van der Waals surface area contributed by atoms with Gasteiger partial charge in [-0.3, -0.25) is 0 Å². The second-order valence-electron chi connectivity index (χ2n) is 4.96. The molecule has 0 aromatic rings. The molecule has 0 aromatic carbocycles. The summed E-state index contributed by atoms with van der Waals surface area (Å²) in [5.74, 6) is 0. The molecule has 0 heterocycles. The second kappa shape index (κ2) is 3.05. The summed E-state index contributed by atoms with van der Waals surface area (Å²) in [5.41, 5.74) is 0.320. The van der Waals surface area contributed by atoms with Crippen molar-refractivity contribution in [1.82, 2.24) is 0 Å². The largest absolute Gasteiger partial charge is 0.417 e. The van der Waals surface area contributed by atoms with E-state index in [4.69, 9.17) is 4.43 Å². The second-order valence-corrected chi connectivity index (χ2v) is 9.48. The van der Waals surface area contributed by atoms with Crippen molar-refractivity contribution in [2.24, 2.45) is 5.41 Å². The van der Waals surface area contributed by atoms with Crippen LogP contribution in [0.15, 0.2) is 0 Å². The first-order chi connectivity index (χ1) is 4.21. The topological polar surface area (TPSA) is 9.23 Å². The molecule has 0 saturated carbocycles. The van der Waals surface area contributed by atoms with Crippen LogP contribution in [-0.4, -0.2) is 14.9 Å². The first kappa shape index (κ1) is 10.2. The molecule has 1 nitrogen and oxygen atoms in total. The molecule has 0 saturated heterocycles. The van der Waals surface area contributed by atoms with E-state index in [1.807, 2.05) is 0 Å².